The summed E-state index contributed by atoms with van der Waals surface area (Å²) in [6, 6.07) is 15.8. The van der Waals surface area contributed by atoms with Gasteiger partial charge in [0, 0.05) is 41.6 Å². The fourth-order valence-electron chi connectivity index (χ4n) is 4.59. The van der Waals surface area contributed by atoms with Crippen LogP contribution in [0.4, 0.5) is 0 Å². The molecule has 1 fully saturated rings. The first kappa shape index (κ1) is 22.4. The number of hydrogen-bond acceptors (Lipinski definition) is 5. The van der Waals surface area contributed by atoms with E-state index in [0.717, 1.165) is 27.8 Å². The largest absolute Gasteiger partial charge is 0.507 e. The molecular formula is C28H25N3O4. The van der Waals surface area contributed by atoms with Crippen molar-refractivity contribution in [1.82, 2.24) is 14.9 Å². The number of benzene rings is 2. The Balaban J connectivity index is 1.54. The molecule has 3 heterocycles. The lowest BCUT2D eigenvalue weighted by atomic mass is 9.96. The maximum absolute atomic E-state index is 13.2. The summed E-state index contributed by atoms with van der Waals surface area (Å²) in [5.41, 5.74) is 4.23. The van der Waals surface area contributed by atoms with E-state index in [1.807, 2.05) is 49.5 Å². The van der Waals surface area contributed by atoms with E-state index < -0.39 is 17.7 Å². The molecule has 1 aliphatic rings. The van der Waals surface area contributed by atoms with Gasteiger partial charge in [0.25, 0.3) is 11.7 Å². The average molecular weight is 468 g/mol. The van der Waals surface area contributed by atoms with Gasteiger partial charge in [0.15, 0.2) is 0 Å². The number of ketones is 1. The molecule has 2 aromatic carbocycles. The minimum absolute atomic E-state index is 0.0763. The average Bonchev–Trinajstić information content (AvgIpc) is 3.40. The number of aromatic nitrogens is 2. The Labute approximate surface area is 202 Å². The van der Waals surface area contributed by atoms with E-state index in [2.05, 4.69) is 9.97 Å². The van der Waals surface area contributed by atoms with Gasteiger partial charge in [0.1, 0.15) is 11.5 Å². The maximum Gasteiger partial charge on any atom is 0.295 e. The maximum atomic E-state index is 13.2. The number of hydrogen-bond donors (Lipinski definition) is 2. The molecule has 1 aliphatic heterocycles. The molecule has 176 valence electrons. The normalized spacial score (nSPS) is 17.3. The van der Waals surface area contributed by atoms with Gasteiger partial charge in [-0.2, -0.15) is 0 Å². The summed E-state index contributed by atoms with van der Waals surface area (Å²) < 4.78 is 5.36. The number of ether oxygens (including phenoxy) is 1. The molecule has 1 amide bonds. The first-order valence-corrected chi connectivity index (χ1v) is 11.4. The lowest BCUT2D eigenvalue weighted by Gasteiger charge is -2.25. The topological polar surface area (TPSA) is 95.5 Å². The van der Waals surface area contributed by atoms with Crippen molar-refractivity contribution in [2.75, 3.05) is 13.7 Å². The number of amides is 1. The second-order valence-electron chi connectivity index (χ2n) is 8.62. The summed E-state index contributed by atoms with van der Waals surface area (Å²) in [5, 5.41) is 12.1. The molecular weight excluding hydrogens is 442 g/mol. The first-order valence-electron chi connectivity index (χ1n) is 11.4. The molecule has 0 saturated carbocycles. The van der Waals surface area contributed by atoms with E-state index >= 15 is 0 Å². The Morgan fingerprint density at radius 2 is 1.94 bits per heavy atom. The molecule has 35 heavy (non-hydrogen) atoms. The molecule has 1 saturated heterocycles. The number of Topliss-reactive ketones (excluding diaryl/α,β-unsaturated/α-hetero) is 1. The number of aryl methyl sites for hydroxylation is 1. The van der Waals surface area contributed by atoms with Gasteiger partial charge >= 0.3 is 0 Å². The van der Waals surface area contributed by atoms with E-state index in [1.165, 1.54) is 4.90 Å². The number of aliphatic hydroxyl groups is 1. The number of aliphatic hydroxyl groups excluding tert-OH is 1. The van der Waals surface area contributed by atoms with Crippen molar-refractivity contribution in [1.29, 1.82) is 0 Å². The van der Waals surface area contributed by atoms with Crippen LogP contribution in [0, 0.1) is 6.92 Å². The Morgan fingerprint density at radius 1 is 1.14 bits per heavy atom. The molecule has 2 N–H and O–H groups in total. The monoisotopic (exact) mass is 467 g/mol. The van der Waals surface area contributed by atoms with Crippen LogP contribution < -0.4 is 4.74 Å². The van der Waals surface area contributed by atoms with E-state index in [1.54, 1.807) is 37.7 Å². The van der Waals surface area contributed by atoms with Crippen molar-refractivity contribution >= 4 is 28.4 Å². The molecule has 0 radical (unpaired) electrons. The Hall–Kier alpha value is -4.39. The van der Waals surface area contributed by atoms with Gasteiger partial charge in [0.2, 0.25) is 0 Å². The number of nitrogens with one attached hydrogen (secondary N) is 1. The molecule has 0 unspecified atom stereocenters. The van der Waals surface area contributed by atoms with Crippen LogP contribution in [0.25, 0.3) is 16.7 Å². The summed E-state index contributed by atoms with van der Waals surface area (Å²) >= 11 is 0. The first-order chi connectivity index (χ1) is 17.0. The van der Waals surface area contributed by atoms with Gasteiger partial charge in [-0.3, -0.25) is 14.6 Å². The fraction of sp³-hybridized carbons (Fsp3) is 0.179. The van der Waals surface area contributed by atoms with Crippen LogP contribution >= 0.6 is 0 Å². The van der Waals surface area contributed by atoms with Crippen LogP contribution in [0.15, 0.2) is 78.8 Å². The highest BCUT2D eigenvalue weighted by Gasteiger charge is 2.46. The summed E-state index contributed by atoms with van der Waals surface area (Å²) in [5.74, 6) is -0.772. The number of pyridine rings is 1. The highest BCUT2D eigenvalue weighted by atomic mass is 16.5. The van der Waals surface area contributed by atoms with Crippen LogP contribution in [-0.4, -0.2) is 45.3 Å². The molecule has 2 aromatic heterocycles. The zero-order chi connectivity index (χ0) is 24.5. The molecule has 7 heteroatoms. The highest BCUT2D eigenvalue weighted by molar-refractivity contribution is 6.46. The number of H-pyrrole nitrogens is 1. The summed E-state index contributed by atoms with van der Waals surface area (Å²) in [4.78, 5) is 35.3. The molecule has 0 spiro atoms. The van der Waals surface area contributed by atoms with Crippen LogP contribution in [0.1, 0.15) is 28.3 Å². The minimum atomic E-state index is -0.732. The van der Waals surface area contributed by atoms with Gasteiger partial charge < -0.3 is 19.7 Å². The minimum Gasteiger partial charge on any atom is -0.507 e. The third kappa shape index (κ3) is 4.05. The summed E-state index contributed by atoms with van der Waals surface area (Å²) in [6.07, 6.45) is 5.69. The third-order valence-electron chi connectivity index (χ3n) is 6.46. The SMILES string of the molecule is COc1ccc2[nH]cc(CCN3C(=O)C(=O)C(=C(O)c4ccc(C)cc4)[C@@H]3c3cccnc3)c2c1. The molecule has 7 nitrogen and oxygen atoms in total. The second-order valence-corrected chi connectivity index (χ2v) is 8.62. The van der Waals surface area contributed by atoms with Crippen LogP contribution in [0.2, 0.25) is 0 Å². The van der Waals surface area contributed by atoms with Crippen molar-refractivity contribution in [2.24, 2.45) is 0 Å². The zero-order valence-electron chi connectivity index (χ0n) is 19.5. The van der Waals surface area contributed by atoms with Gasteiger partial charge in [-0.1, -0.05) is 35.9 Å². The number of nitrogens with zero attached hydrogens (tertiary/aromatic N) is 2. The Kier molecular flexibility index (Phi) is 5.82. The Bertz CT molecular complexity index is 1440. The standard InChI is InChI=1S/C28H25N3O4/c1-17-5-7-18(8-6-17)26(32)24-25(20-4-3-12-29-15-20)31(28(34)27(24)33)13-11-19-16-30-23-10-9-21(35-2)14-22(19)23/h3-10,12,14-16,25,30,32H,11,13H2,1-2H3/t25-/m0/s1. The number of carbonyl (C=O) groups excluding carboxylic acids is 2. The Morgan fingerprint density at radius 3 is 2.66 bits per heavy atom. The van der Waals surface area contributed by atoms with Crippen LogP contribution in [0.5, 0.6) is 5.75 Å². The van der Waals surface area contributed by atoms with Gasteiger partial charge in [0.05, 0.1) is 18.7 Å². The summed E-state index contributed by atoms with van der Waals surface area (Å²) in [7, 11) is 1.62. The van der Waals surface area contributed by atoms with E-state index in [4.69, 9.17) is 4.74 Å². The quantitative estimate of drug-likeness (QED) is 0.247. The molecule has 4 aromatic rings. The van der Waals surface area contributed by atoms with E-state index in [-0.39, 0.29) is 11.3 Å². The van der Waals surface area contributed by atoms with E-state index in [0.29, 0.717) is 24.1 Å². The molecule has 5 rings (SSSR count). The number of methoxy groups -OCH3 is 1. The number of fused-ring (bicyclic) bond motifs is 1. The third-order valence-corrected chi connectivity index (χ3v) is 6.46. The number of rotatable bonds is 6. The zero-order valence-corrected chi connectivity index (χ0v) is 19.5. The van der Waals surface area contributed by atoms with Gasteiger partial charge in [-0.15, -0.1) is 0 Å². The fourth-order valence-corrected chi connectivity index (χ4v) is 4.59. The predicted molar refractivity (Wildman–Crippen MR) is 133 cm³/mol. The number of carbonyl (C=O) groups is 2. The van der Waals surface area contributed by atoms with Gasteiger partial charge in [-0.25, -0.2) is 0 Å². The lowest BCUT2D eigenvalue weighted by Crippen LogP contribution is -2.31. The van der Waals surface area contributed by atoms with Crippen molar-refractivity contribution in [3.63, 3.8) is 0 Å². The van der Waals surface area contributed by atoms with Crippen LogP contribution in [0.3, 0.4) is 0 Å². The number of likely N-dealkylation sites (tertiary alicyclic amines) is 1. The van der Waals surface area contributed by atoms with Crippen molar-refractivity contribution in [2.45, 2.75) is 19.4 Å². The lowest BCUT2D eigenvalue weighted by molar-refractivity contribution is -0.139. The predicted octanol–water partition coefficient (Wildman–Crippen LogP) is 4.54. The molecule has 0 bridgehead atoms. The second kappa shape index (κ2) is 9.10. The number of aromatic amines is 1. The molecule has 1 atom stereocenters. The smallest absolute Gasteiger partial charge is 0.295 e. The van der Waals surface area contributed by atoms with E-state index in [9.17, 15) is 14.7 Å². The van der Waals surface area contributed by atoms with Gasteiger partial charge in [-0.05, 0) is 48.7 Å². The highest BCUT2D eigenvalue weighted by Crippen LogP contribution is 2.39. The molecule has 0 aliphatic carbocycles. The summed E-state index contributed by atoms with van der Waals surface area (Å²) in [6.45, 7) is 2.23. The van der Waals surface area contributed by atoms with Crippen molar-refractivity contribution < 1.29 is 19.4 Å². The van der Waals surface area contributed by atoms with Crippen molar-refractivity contribution in [3.05, 3.63) is 101 Å². The van der Waals surface area contributed by atoms with Crippen LogP contribution in [-0.2, 0) is 16.0 Å². The van der Waals surface area contributed by atoms with Crippen molar-refractivity contribution in [3.8, 4) is 5.75 Å².